The fraction of sp³-hybridized carbons (Fsp3) is 0.0625. The number of halogens is 1. The Balaban J connectivity index is 1.95. The van der Waals surface area contributed by atoms with E-state index >= 15 is 0 Å². The molecule has 0 bridgehead atoms. The summed E-state index contributed by atoms with van der Waals surface area (Å²) in [5.74, 6) is -0.288. The number of hydrogen-bond donors (Lipinski definition) is 1. The van der Waals surface area contributed by atoms with Crippen molar-refractivity contribution in [2.24, 2.45) is 5.14 Å². The van der Waals surface area contributed by atoms with Crippen molar-refractivity contribution in [3.63, 3.8) is 0 Å². The normalized spacial score (nSPS) is 14.6. The average Bonchev–Trinajstić information content (AvgIpc) is 2.97. The van der Waals surface area contributed by atoms with Crippen molar-refractivity contribution in [3.8, 4) is 0 Å². The fourth-order valence-corrected chi connectivity index (χ4v) is 2.83. The van der Waals surface area contributed by atoms with Crippen LogP contribution in [0.3, 0.4) is 0 Å². The zero-order valence-electron chi connectivity index (χ0n) is 11.5. The predicted molar refractivity (Wildman–Crippen MR) is 82.6 cm³/mol. The van der Waals surface area contributed by atoms with Crippen LogP contribution in [0.15, 0.2) is 59.6 Å². The van der Waals surface area contributed by atoms with Crippen molar-refractivity contribution < 1.29 is 12.8 Å². The van der Waals surface area contributed by atoms with Gasteiger partial charge in [0.15, 0.2) is 0 Å². The summed E-state index contributed by atoms with van der Waals surface area (Å²) in [5, 5.41) is 5.06. The lowest BCUT2D eigenvalue weighted by Crippen LogP contribution is -2.12. The number of allylic oxidation sites excluding steroid dienone is 4. The van der Waals surface area contributed by atoms with E-state index in [1.165, 1.54) is 24.4 Å². The maximum atomic E-state index is 13.0. The Morgan fingerprint density at radius 3 is 2.27 bits per heavy atom. The van der Waals surface area contributed by atoms with Gasteiger partial charge in [-0.1, -0.05) is 24.3 Å². The second-order valence-electron chi connectivity index (χ2n) is 4.90. The Kier molecular flexibility index (Phi) is 3.64. The van der Waals surface area contributed by atoms with Crippen molar-refractivity contribution in [2.45, 2.75) is 11.3 Å². The second-order valence-corrected chi connectivity index (χ2v) is 6.46. The van der Waals surface area contributed by atoms with Gasteiger partial charge >= 0.3 is 0 Å². The predicted octanol–water partition coefficient (Wildman–Crippen LogP) is 2.74. The van der Waals surface area contributed by atoms with Crippen LogP contribution in [0.2, 0.25) is 0 Å². The van der Waals surface area contributed by atoms with Gasteiger partial charge in [-0.25, -0.2) is 17.9 Å². The van der Waals surface area contributed by atoms with Crippen LogP contribution in [0.25, 0.3) is 11.1 Å². The van der Waals surface area contributed by atoms with Gasteiger partial charge in [-0.15, -0.1) is 0 Å². The Morgan fingerprint density at radius 2 is 1.68 bits per heavy atom. The highest BCUT2D eigenvalue weighted by atomic mass is 32.2. The van der Waals surface area contributed by atoms with Crippen molar-refractivity contribution in [1.82, 2.24) is 4.98 Å². The van der Waals surface area contributed by atoms with Crippen molar-refractivity contribution in [1.29, 1.82) is 0 Å². The van der Waals surface area contributed by atoms with E-state index in [1.807, 2.05) is 12.2 Å². The molecule has 0 aliphatic heterocycles. The summed E-state index contributed by atoms with van der Waals surface area (Å²) in [4.78, 5) is 4.15. The molecule has 22 heavy (non-hydrogen) atoms. The minimum absolute atomic E-state index is 0.0258. The van der Waals surface area contributed by atoms with Crippen LogP contribution in [-0.2, 0) is 10.0 Å². The van der Waals surface area contributed by atoms with E-state index < -0.39 is 10.0 Å². The standard InChI is InChI=1S/C16H13FN2O2S/c17-12-6-4-11(5-7-12)14-2-1-3-15(14)16-9-8-13(10-19-16)22(18,20)21/h2-10H,1H2,(H2,18,20,21). The zero-order chi connectivity index (χ0) is 15.7. The van der Waals surface area contributed by atoms with Crippen molar-refractivity contribution in [3.05, 3.63) is 71.8 Å². The van der Waals surface area contributed by atoms with Gasteiger partial charge in [-0.3, -0.25) is 4.98 Å². The fourth-order valence-electron chi connectivity index (χ4n) is 2.37. The number of sulfonamides is 1. The topological polar surface area (TPSA) is 73.1 Å². The highest BCUT2D eigenvalue weighted by molar-refractivity contribution is 7.89. The first-order valence-corrected chi connectivity index (χ1v) is 8.15. The minimum Gasteiger partial charge on any atom is -0.255 e. The van der Waals surface area contributed by atoms with E-state index in [1.54, 1.807) is 18.2 Å². The Bertz CT molecular complexity index is 867. The first-order chi connectivity index (χ1) is 10.4. The molecule has 0 unspecified atom stereocenters. The molecule has 4 nitrogen and oxygen atoms in total. The lowest BCUT2D eigenvalue weighted by molar-refractivity contribution is 0.597. The molecular weight excluding hydrogens is 303 g/mol. The molecule has 0 saturated carbocycles. The summed E-state index contributed by atoms with van der Waals surface area (Å²) in [6, 6.07) is 9.28. The third kappa shape index (κ3) is 2.84. The molecule has 0 amide bonds. The molecule has 0 fully saturated rings. The summed E-state index contributed by atoms with van der Waals surface area (Å²) in [6.45, 7) is 0. The third-order valence-electron chi connectivity index (χ3n) is 3.43. The van der Waals surface area contributed by atoms with Crippen molar-refractivity contribution in [2.75, 3.05) is 0 Å². The number of primary sulfonamides is 1. The Morgan fingerprint density at radius 1 is 1.00 bits per heavy atom. The maximum absolute atomic E-state index is 13.0. The summed E-state index contributed by atoms with van der Waals surface area (Å²) in [7, 11) is -3.75. The highest BCUT2D eigenvalue weighted by Crippen LogP contribution is 2.35. The number of nitrogens with two attached hydrogens (primary N) is 1. The van der Waals surface area contributed by atoms with E-state index in [4.69, 9.17) is 5.14 Å². The average molecular weight is 316 g/mol. The highest BCUT2D eigenvalue weighted by Gasteiger charge is 2.16. The monoisotopic (exact) mass is 316 g/mol. The SMILES string of the molecule is NS(=O)(=O)c1ccc(C2=CCC=C2c2ccc(F)cc2)nc1. The number of nitrogens with zero attached hydrogens (tertiary/aromatic N) is 1. The van der Waals surface area contributed by atoms with E-state index in [9.17, 15) is 12.8 Å². The minimum atomic E-state index is -3.75. The van der Waals surface area contributed by atoms with Crippen LogP contribution in [0.1, 0.15) is 17.7 Å². The van der Waals surface area contributed by atoms with E-state index in [2.05, 4.69) is 4.98 Å². The van der Waals surface area contributed by atoms with Gasteiger partial charge in [0.25, 0.3) is 0 Å². The molecule has 1 aliphatic carbocycles. The number of benzene rings is 1. The van der Waals surface area contributed by atoms with Gasteiger partial charge in [0.1, 0.15) is 10.7 Å². The lowest BCUT2D eigenvalue weighted by atomic mass is 9.98. The summed E-state index contributed by atoms with van der Waals surface area (Å²) < 4.78 is 35.6. The van der Waals surface area contributed by atoms with Gasteiger partial charge in [0, 0.05) is 11.8 Å². The van der Waals surface area contributed by atoms with Gasteiger partial charge in [0.2, 0.25) is 10.0 Å². The first-order valence-electron chi connectivity index (χ1n) is 6.61. The smallest absolute Gasteiger partial charge is 0.239 e. The molecule has 1 aromatic carbocycles. The molecular formula is C16H13FN2O2S. The molecule has 6 heteroatoms. The molecule has 3 rings (SSSR count). The van der Waals surface area contributed by atoms with Crippen molar-refractivity contribution >= 4 is 21.2 Å². The van der Waals surface area contributed by atoms with Gasteiger partial charge in [0.05, 0.1) is 5.69 Å². The molecule has 0 atom stereocenters. The largest absolute Gasteiger partial charge is 0.255 e. The van der Waals surface area contributed by atoms with Gasteiger partial charge < -0.3 is 0 Å². The Labute approximate surface area is 127 Å². The van der Waals surface area contributed by atoms with Crippen LogP contribution in [0.5, 0.6) is 0 Å². The molecule has 1 aromatic heterocycles. The molecule has 112 valence electrons. The van der Waals surface area contributed by atoms with Gasteiger partial charge in [-0.2, -0.15) is 0 Å². The number of hydrogen-bond acceptors (Lipinski definition) is 3. The van der Waals surface area contributed by atoms with Crippen LogP contribution >= 0.6 is 0 Å². The van der Waals surface area contributed by atoms with E-state index in [0.717, 1.165) is 23.1 Å². The van der Waals surface area contributed by atoms with E-state index in [-0.39, 0.29) is 10.7 Å². The van der Waals surface area contributed by atoms with Crippen LogP contribution in [-0.4, -0.2) is 13.4 Å². The first kappa shape index (κ1) is 14.6. The third-order valence-corrected chi connectivity index (χ3v) is 4.33. The molecule has 2 N–H and O–H groups in total. The number of pyridine rings is 1. The number of aromatic nitrogens is 1. The molecule has 1 heterocycles. The quantitative estimate of drug-likeness (QED) is 0.946. The van der Waals surface area contributed by atoms with Crippen LogP contribution in [0, 0.1) is 5.82 Å². The molecule has 0 radical (unpaired) electrons. The summed E-state index contributed by atoms with van der Waals surface area (Å²) in [6.07, 6.45) is 6.02. The molecule has 1 aliphatic rings. The second kappa shape index (κ2) is 5.47. The zero-order valence-corrected chi connectivity index (χ0v) is 12.3. The Hall–Kier alpha value is -2.31. The number of rotatable bonds is 3. The molecule has 2 aromatic rings. The van der Waals surface area contributed by atoms with E-state index in [0.29, 0.717) is 5.69 Å². The molecule has 0 spiro atoms. The maximum Gasteiger partial charge on any atom is 0.239 e. The molecule has 0 saturated heterocycles. The lowest BCUT2D eigenvalue weighted by Gasteiger charge is -2.09. The van der Waals surface area contributed by atoms with Gasteiger partial charge in [-0.05, 0) is 41.8 Å². The summed E-state index contributed by atoms with van der Waals surface area (Å²) in [5.41, 5.74) is 3.39. The summed E-state index contributed by atoms with van der Waals surface area (Å²) >= 11 is 0. The van der Waals surface area contributed by atoms with Crippen LogP contribution in [0.4, 0.5) is 4.39 Å². The van der Waals surface area contributed by atoms with Crippen LogP contribution < -0.4 is 5.14 Å².